The largest absolute Gasteiger partial charge is 0.355 e. The molecule has 39 heavy (non-hydrogen) atoms. The number of amides is 2. The van der Waals surface area contributed by atoms with Crippen LogP contribution in [0.3, 0.4) is 0 Å². The van der Waals surface area contributed by atoms with Crippen LogP contribution in [-0.4, -0.2) is 44.6 Å². The molecular weight excluding hydrogens is 583 g/mol. The highest BCUT2D eigenvalue weighted by Crippen LogP contribution is 2.31. The Balaban J connectivity index is 1.40. The zero-order chi connectivity index (χ0) is 28.2. The molecule has 3 aromatic rings. The van der Waals surface area contributed by atoms with Gasteiger partial charge < -0.3 is 15.5 Å². The Morgan fingerprint density at radius 3 is 2.44 bits per heavy atom. The number of anilines is 2. The van der Waals surface area contributed by atoms with Crippen molar-refractivity contribution in [2.45, 2.75) is 30.7 Å². The van der Waals surface area contributed by atoms with Crippen LogP contribution in [0.2, 0.25) is 15.1 Å². The lowest BCUT2D eigenvalue weighted by Crippen LogP contribution is -2.37. The summed E-state index contributed by atoms with van der Waals surface area (Å²) in [6, 6.07) is 13.1. The summed E-state index contributed by atoms with van der Waals surface area (Å²) in [5, 5.41) is 7.04. The Kier molecular flexibility index (Phi) is 9.38. The van der Waals surface area contributed by atoms with E-state index in [0.717, 1.165) is 24.7 Å². The average molecular weight is 610 g/mol. The predicted molar refractivity (Wildman–Crippen MR) is 155 cm³/mol. The lowest BCUT2D eigenvalue weighted by Gasteiger charge is -2.33. The van der Waals surface area contributed by atoms with Crippen molar-refractivity contribution in [2.75, 3.05) is 29.6 Å². The summed E-state index contributed by atoms with van der Waals surface area (Å²) >= 11 is 18.0. The number of halogens is 3. The number of carbonyl (C=O) groups is 2. The third kappa shape index (κ3) is 7.85. The molecule has 2 heterocycles. The first-order valence-corrected chi connectivity index (χ1v) is 15.2. The van der Waals surface area contributed by atoms with Crippen LogP contribution in [0.4, 0.5) is 11.5 Å². The Morgan fingerprint density at radius 1 is 1.03 bits per heavy atom. The van der Waals surface area contributed by atoms with Crippen molar-refractivity contribution in [3.05, 3.63) is 80.9 Å². The number of carbonyl (C=O) groups excluding carboxylic acids is 2. The molecule has 1 saturated heterocycles. The topological polar surface area (TPSA) is 108 Å². The zero-order valence-electron chi connectivity index (χ0n) is 21.1. The van der Waals surface area contributed by atoms with E-state index in [0.29, 0.717) is 58.2 Å². The van der Waals surface area contributed by atoms with E-state index in [9.17, 15) is 18.0 Å². The maximum Gasteiger partial charge on any atom is 0.255 e. The normalized spacial score (nSPS) is 14.2. The second-order valence-electron chi connectivity index (χ2n) is 9.44. The van der Waals surface area contributed by atoms with E-state index in [1.807, 2.05) is 11.0 Å². The van der Waals surface area contributed by atoms with Crippen LogP contribution in [0.1, 0.15) is 35.2 Å². The third-order valence-corrected chi connectivity index (χ3v) is 8.52. The molecule has 0 unspecified atom stereocenters. The van der Waals surface area contributed by atoms with E-state index in [4.69, 9.17) is 34.8 Å². The minimum atomic E-state index is -3.54. The van der Waals surface area contributed by atoms with Gasteiger partial charge in [-0.3, -0.25) is 9.59 Å². The van der Waals surface area contributed by atoms with Gasteiger partial charge in [-0.2, -0.15) is 0 Å². The molecule has 1 fully saturated rings. The Hall–Kier alpha value is -2.85. The van der Waals surface area contributed by atoms with Gasteiger partial charge in [0.1, 0.15) is 0 Å². The maximum absolute atomic E-state index is 12.9. The van der Waals surface area contributed by atoms with Gasteiger partial charge in [-0.1, -0.05) is 46.9 Å². The number of benzene rings is 2. The minimum Gasteiger partial charge on any atom is -0.355 e. The number of hydrogen-bond donors (Lipinski definition) is 2. The molecule has 0 saturated carbocycles. The second kappa shape index (κ2) is 12.6. The van der Waals surface area contributed by atoms with Gasteiger partial charge in [-0.15, -0.1) is 0 Å². The third-order valence-electron chi connectivity index (χ3n) is 6.47. The fraction of sp³-hybridized carbons (Fsp3) is 0.296. The van der Waals surface area contributed by atoms with E-state index in [1.165, 1.54) is 18.3 Å². The highest BCUT2D eigenvalue weighted by molar-refractivity contribution is 7.90. The number of nitrogens with one attached hydrogen (secondary N) is 2. The summed E-state index contributed by atoms with van der Waals surface area (Å²) in [5.74, 6) is 0.166. The Labute approximate surface area is 242 Å². The van der Waals surface area contributed by atoms with Crippen LogP contribution in [0.15, 0.2) is 59.6 Å². The van der Waals surface area contributed by atoms with Crippen LogP contribution in [0, 0.1) is 5.92 Å². The van der Waals surface area contributed by atoms with Crippen LogP contribution in [0.25, 0.3) is 0 Å². The molecule has 0 atom stereocenters. The standard InChI is InChI=1S/C27H27Cl3N4O4S/c1-39(37,38)21-14-24(33-27(36)19-3-2-4-20(28)13-19)26(32-16-21)34-9-7-17(8-10-34)12-25(35)31-15-18-5-6-22(29)23(30)11-18/h2-6,11,13-14,16-17H,7-10,12,15H2,1H3,(H,31,35)(H,33,36). The summed E-state index contributed by atoms with van der Waals surface area (Å²) in [6.07, 6.45) is 4.23. The number of nitrogens with zero attached hydrogens (tertiary/aromatic N) is 2. The van der Waals surface area contributed by atoms with Crippen molar-refractivity contribution >= 4 is 68.0 Å². The number of rotatable bonds is 8. The molecule has 8 nitrogen and oxygen atoms in total. The van der Waals surface area contributed by atoms with Crippen LogP contribution < -0.4 is 15.5 Å². The Bertz CT molecular complexity index is 1490. The SMILES string of the molecule is CS(=O)(=O)c1cnc(N2CCC(CC(=O)NCc3ccc(Cl)c(Cl)c3)CC2)c(NC(=O)c2cccc(Cl)c2)c1. The second-order valence-corrected chi connectivity index (χ2v) is 12.7. The number of hydrogen-bond acceptors (Lipinski definition) is 6. The summed E-state index contributed by atoms with van der Waals surface area (Å²) in [6.45, 7) is 1.55. The molecule has 1 aromatic heterocycles. The molecule has 0 spiro atoms. The molecule has 4 rings (SSSR count). The summed E-state index contributed by atoms with van der Waals surface area (Å²) in [7, 11) is -3.54. The first-order chi connectivity index (χ1) is 18.5. The highest BCUT2D eigenvalue weighted by Gasteiger charge is 2.25. The van der Waals surface area contributed by atoms with E-state index in [2.05, 4.69) is 15.6 Å². The summed E-state index contributed by atoms with van der Waals surface area (Å²) in [5.41, 5.74) is 1.49. The molecule has 2 aromatic carbocycles. The van der Waals surface area contributed by atoms with Crippen LogP contribution in [0.5, 0.6) is 0 Å². The fourth-order valence-corrected chi connectivity index (χ4v) is 5.43. The molecule has 206 valence electrons. The molecule has 0 aliphatic carbocycles. The molecule has 2 N–H and O–H groups in total. The van der Waals surface area contributed by atoms with Crippen molar-refractivity contribution in [3.8, 4) is 0 Å². The quantitative estimate of drug-likeness (QED) is 0.343. The summed E-state index contributed by atoms with van der Waals surface area (Å²) < 4.78 is 24.3. The monoisotopic (exact) mass is 608 g/mol. The van der Waals surface area contributed by atoms with Gasteiger partial charge in [0, 0.05) is 49.1 Å². The average Bonchev–Trinajstić information content (AvgIpc) is 2.89. The molecule has 0 bridgehead atoms. The molecule has 1 aliphatic rings. The fourth-order valence-electron chi connectivity index (χ4n) is 4.34. The van der Waals surface area contributed by atoms with Gasteiger partial charge in [-0.05, 0) is 60.7 Å². The van der Waals surface area contributed by atoms with E-state index in [1.54, 1.807) is 30.3 Å². The van der Waals surface area contributed by atoms with E-state index in [-0.39, 0.29) is 16.7 Å². The zero-order valence-corrected chi connectivity index (χ0v) is 24.2. The van der Waals surface area contributed by atoms with Gasteiger partial charge in [0.2, 0.25) is 5.91 Å². The number of sulfone groups is 1. The van der Waals surface area contributed by atoms with E-state index >= 15 is 0 Å². The van der Waals surface area contributed by atoms with Gasteiger partial charge in [-0.25, -0.2) is 13.4 Å². The van der Waals surface area contributed by atoms with Gasteiger partial charge in [0.15, 0.2) is 15.7 Å². The maximum atomic E-state index is 12.9. The molecule has 0 radical (unpaired) electrons. The smallest absolute Gasteiger partial charge is 0.255 e. The minimum absolute atomic E-state index is 0.00109. The number of aromatic nitrogens is 1. The van der Waals surface area contributed by atoms with Crippen molar-refractivity contribution in [1.29, 1.82) is 0 Å². The predicted octanol–water partition coefficient (Wildman–Crippen LogP) is 5.62. The lowest BCUT2D eigenvalue weighted by atomic mass is 9.93. The van der Waals surface area contributed by atoms with Crippen molar-refractivity contribution in [3.63, 3.8) is 0 Å². The molecule has 2 amide bonds. The first-order valence-electron chi connectivity index (χ1n) is 12.2. The Morgan fingerprint density at radius 2 is 1.77 bits per heavy atom. The van der Waals surface area contributed by atoms with Gasteiger partial charge >= 0.3 is 0 Å². The summed E-state index contributed by atoms with van der Waals surface area (Å²) in [4.78, 5) is 31.8. The van der Waals surface area contributed by atoms with Crippen molar-refractivity contribution < 1.29 is 18.0 Å². The number of piperidine rings is 1. The van der Waals surface area contributed by atoms with Crippen LogP contribution >= 0.6 is 34.8 Å². The molecule has 1 aliphatic heterocycles. The van der Waals surface area contributed by atoms with Gasteiger partial charge in [0.05, 0.1) is 20.6 Å². The van der Waals surface area contributed by atoms with Crippen molar-refractivity contribution in [2.24, 2.45) is 5.92 Å². The van der Waals surface area contributed by atoms with Gasteiger partial charge in [0.25, 0.3) is 5.91 Å². The van der Waals surface area contributed by atoms with Crippen molar-refractivity contribution in [1.82, 2.24) is 10.3 Å². The van der Waals surface area contributed by atoms with Crippen LogP contribution in [-0.2, 0) is 21.2 Å². The lowest BCUT2D eigenvalue weighted by molar-refractivity contribution is -0.122. The first kappa shape index (κ1) is 29.1. The molecular formula is C27H27Cl3N4O4S. The number of pyridine rings is 1. The van der Waals surface area contributed by atoms with E-state index < -0.39 is 15.7 Å². The molecule has 12 heteroatoms. The highest BCUT2D eigenvalue weighted by atomic mass is 35.5.